The third kappa shape index (κ3) is 4.35. The van der Waals surface area contributed by atoms with E-state index in [4.69, 9.17) is 4.42 Å². The van der Waals surface area contributed by atoms with Gasteiger partial charge in [-0.05, 0) is 50.6 Å². The summed E-state index contributed by atoms with van der Waals surface area (Å²) in [5.74, 6) is -0.507. The second kappa shape index (κ2) is 9.35. The average molecular weight is 420 g/mol. The maximum absolute atomic E-state index is 13.2. The van der Waals surface area contributed by atoms with E-state index in [0.29, 0.717) is 16.5 Å². The van der Waals surface area contributed by atoms with Crippen molar-refractivity contribution in [3.63, 3.8) is 0 Å². The van der Waals surface area contributed by atoms with Crippen LogP contribution in [-0.4, -0.2) is 42.4 Å². The van der Waals surface area contributed by atoms with Gasteiger partial charge < -0.3 is 19.8 Å². The van der Waals surface area contributed by atoms with Crippen LogP contribution in [0.25, 0.3) is 11.0 Å². The number of hydrogen-bond acceptors (Lipinski definition) is 6. The standard InChI is InChI=1S/C25H29N3O3/c1-17(27-26-2)20(16-28-14-8-9-15-28)22(18-10-4-3-5-11-18)23-24(29)19-12-6-7-13-21(19)31-25(23)30/h3-7,10-13,20,22,26,29H,8-9,14-16H2,1-2H3/b27-17-/t20-,22+/m1/s1. The van der Waals surface area contributed by atoms with Crippen LogP contribution < -0.4 is 11.1 Å². The molecule has 31 heavy (non-hydrogen) atoms. The first kappa shape index (κ1) is 21.1. The molecule has 1 fully saturated rings. The minimum atomic E-state index is -0.506. The van der Waals surface area contributed by atoms with Gasteiger partial charge in [-0.1, -0.05) is 42.5 Å². The Morgan fingerprint density at radius 1 is 1.13 bits per heavy atom. The van der Waals surface area contributed by atoms with Crippen molar-refractivity contribution in [3.8, 4) is 5.75 Å². The van der Waals surface area contributed by atoms with Gasteiger partial charge in [0.1, 0.15) is 11.3 Å². The zero-order valence-corrected chi connectivity index (χ0v) is 18.0. The Labute approximate surface area is 182 Å². The van der Waals surface area contributed by atoms with Gasteiger partial charge in [0.05, 0.1) is 10.9 Å². The van der Waals surface area contributed by atoms with Gasteiger partial charge in [-0.3, -0.25) is 0 Å². The summed E-state index contributed by atoms with van der Waals surface area (Å²) in [6, 6.07) is 17.0. The SMILES string of the molecule is CN/N=C(/C)[C@@H](CN1CCCC1)[C@H](c1ccccc1)c1c(O)c2ccccc2oc1=O. The van der Waals surface area contributed by atoms with Crippen molar-refractivity contribution in [2.24, 2.45) is 11.0 Å². The topological polar surface area (TPSA) is 78.1 Å². The molecule has 0 aliphatic carbocycles. The third-order valence-corrected chi connectivity index (χ3v) is 6.17. The average Bonchev–Trinajstić information content (AvgIpc) is 3.29. The summed E-state index contributed by atoms with van der Waals surface area (Å²) in [6.07, 6.45) is 2.35. The van der Waals surface area contributed by atoms with Gasteiger partial charge in [0.15, 0.2) is 0 Å². The molecule has 0 radical (unpaired) electrons. The molecule has 2 aromatic carbocycles. The lowest BCUT2D eigenvalue weighted by atomic mass is 9.78. The molecule has 4 rings (SSSR count). The highest BCUT2D eigenvalue weighted by molar-refractivity contribution is 5.88. The van der Waals surface area contributed by atoms with Gasteiger partial charge in [0, 0.05) is 31.1 Å². The number of nitrogens with zero attached hydrogens (tertiary/aromatic N) is 2. The number of fused-ring (bicyclic) bond motifs is 1. The quantitative estimate of drug-likeness (QED) is 0.345. The van der Waals surface area contributed by atoms with Crippen LogP contribution in [-0.2, 0) is 0 Å². The third-order valence-electron chi connectivity index (χ3n) is 6.17. The van der Waals surface area contributed by atoms with Crippen LogP contribution >= 0.6 is 0 Å². The van der Waals surface area contributed by atoms with Crippen molar-refractivity contribution < 1.29 is 9.52 Å². The van der Waals surface area contributed by atoms with Crippen molar-refractivity contribution in [3.05, 3.63) is 76.1 Å². The van der Waals surface area contributed by atoms with Gasteiger partial charge in [-0.15, -0.1) is 0 Å². The van der Waals surface area contributed by atoms with Gasteiger partial charge in [-0.25, -0.2) is 4.79 Å². The first-order chi connectivity index (χ1) is 15.1. The zero-order valence-electron chi connectivity index (χ0n) is 18.0. The second-order valence-corrected chi connectivity index (χ2v) is 8.13. The van der Waals surface area contributed by atoms with E-state index in [1.807, 2.05) is 43.3 Å². The molecule has 2 atom stereocenters. The lowest BCUT2D eigenvalue weighted by Gasteiger charge is -2.31. The minimum absolute atomic E-state index is 0.00983. The summed E-state index contributed by atoms with van der Waals surface area (Å²) in [6.45, 7) is 4.79. The second-order valence-electron chi connectivity index (χ2n) is 8.13. The fourth-order valence-electron chi connectivity index (χ4n) is 4.66. The number of aromatic hydroxyl groups is 1. The summed E-state index contributed by atoms with van der Waals surface area (Å²) >= 11 is 0. The first-order valence-corrected chi connectivity index (χ1v) is 10.8. The Balaban J connectivity index is 1.92. The van der Waals surface area contributed by atoms with Crippen LogP contribution in [0.1, 0.15) is 36.8 Å². The fourth-order valence-corrected chi connectivity index (χ4v) is 4.66. The van der Waals surface area contributed by atoms with E-state index in [2.05, 4.69) is 15.4 Å². The van der Waals surface area contributed by atoms with E-state index < -0.39 is 5.63 Å². The van der Waals surface area contributed by atoms with E-state index in [1.54, 1.807) is 25.2 Å². The number of likely N-dealkylation sites (tertiary alicyclic amines) is 1. The molecule has 1 saturated heterocycles. The molecule has 162 valence electrons. The molecule has 0 amide bonds. The molecule has 0 spiro atoms. The van der Waals surface area contributed by atoms with E-state index in [9.17, 15) is 9.90 Å². The van der Waals surface area contributed by atoms with Gasteiger partial charge >= 0.3 is 5.63 Å². The first-order valence-electron chi connectivity index (χ1n) is 10.8. The molecule has 6 heteroatoms. The Kier molecular flexibility index (Phi) is 6.37. The summed E-state index contributed by atoms with van der Waals surface area (Å²) in [5.41, 5.74) is 4.91. The number of hydrazone groups is 1. The van der Waals surface area contributed by atoms with E-state index in [0.717, 1.165) is 30.9 Å². The summed E-state index contributed by atoms with van der Waals surface area (Å²) in [7, 11) is 1.77. The highest BCUT2D eigenvalue weighted by atomic mass is 16.4. The molecule has 1 aliphatic rings. The number of hydrogen-bond donors (Lipinski definition) is 2. The Morgan fingerprint density at radius 3 is 2.52 bits per heavy atom. The zero-order chi connectivity index (χ0) is 21.8. The minimum Gasteiger partial charge on any atom is -0.507 e. The van der Waals surface area contributed by atoms with Crippen LogP contribution in [0.2, 0.25) is 0 Å². The van der Waals surface area contributed by atoms with E-state index >= 15 is 0 Å². The molecular formula is C25H29N3O3. The summed E-state index contributed by atoms with van der Waals surface area (Å²) < 4.78 is 5.65. The molecular weight excluding hydrogens is 390 g/mol. The number of nitrogens with one attached hydrogen (secondary N) is 1. The molecule has 2 heterocycles. The molecule has 2 N–H and O–H groups in total. The van der Waals surface area contributed by atoms with Gasteiger partial charge in [0.25, 0.3) is 0 Å². The Hall–Kier alpha value is -3.12. The number of benzene rings is 2. The van der Waals surface area contributed by atoms with Gasteiger partial charge in [0.2, 0.25) is 0 Å². The summed E-state index contributed by atoms with van der Waals surface area (Å²) in [5, 5.41) is 16.3. The van der Waals surface area contributed by atoms with Crippen LogP contribution in [0.15, 0.2) is 68.9 Å². The molecule has 1 aromatic heterocycles. The van der Waals surface area contributed by atoms with Crippen molar-refractivity contribution in [2.75, 3.05) is 26.7 Å². The number of para-hydroxylation sites is 1. The van der Waals surface area contributed by atoms with Crippen LogP contribution in [0.4, 0.5) is 0 Å². The highest BCUT2D eigenvalue weighted by Gasteiger charge is 2.35. The molecule has 0 unspecified atom stereocenters. The molecule has 3 aromatic rings. The van der Waals surface area contributed by atoms with Crippen LogP contribution in [0.3, 0.4) is 0 Å². The monoisotopic (exact) mass is 419 g/mol. The molecule has 6 nitrogen and oxygen atoms in total. The van der Waals surface area contributed by atoms with Crippen LogP contribution in [0.5, 0.6) is 5.75 Å². The molecule has 0 bridgehead atoms. The maximum Gasteiger partial charge on any atom is 0.343 e. The smallest absolute Gasteiger partial charge is 0.343 e. The van der Waals surface area contributed by atoms with Crippen molar-refractivity contribution in [2.45, 2.75) is 25.7 Å². The van der Waals surface area contributed by atoms with Crippen molar-refractivity contribution >= 4 is 16.7 Å². The Bertz CT molecular complexity index is 1120. The van der Waals surface area contributed by atoms with Crippen molar-refractivity contribution in [1.82, 2.24) is 10.3 Å². The maximum atomic E-state index is 13.2. The molecule has 1 aliphatic heterocycles. The largest absolute Gasteiger partial charge is 0.507 e. The normalized spacial score (nSPS) is 17.0. The predicted molar refractivity (Wildman–Crippen MR) is 124 cm³/mol. The predicted octanol–water partition coefficient (Wildman–Crippen LogP) is 3.94. The van der Waals surface area contributed by atoms with E-state index in [1.165, 1.54) is 12.8 Å². The lowest BCUT2D eigenvalue weighted by Crippen LogP contribution is -2.36. The van der Waals surface area contributed by atoms with Gasteiger partial charge in [-0.2, -0.15) is 5.10 Å². The Morgan fingerprint density at radius 2 is 1.81 bits per heavy atom. The van der Waals surface area contributed by atoms with E-state index in [-0.39, 0.29) is 17.6 Å². The summed E-state index contributed by atoms with van der Waals surface area (Å²) in [4.78, 5) is 15.6. The lowest BCUT2D eigenvalue weighted by molar-refractivity contribution is 0.296. The molecule has 0 saturated carbocycles. The van der Waals surface area contributed by atoms with Crippen LogP contribution in [0, 0.1) is 5.92 Å². The van der Waals surface area contributed by atoms with Crippen molar-refractivity contribution in [1.29, 1.82) is 0 Å². The fraction of sp³-hybridized carbons (Fsp3) is 0.360. The number of rotatable bonds is 7. The highest BCUT2D eigenvalue weighted by Crippen LogP contribution is 2.39.